The minimum atomic E-state index is -0.837. The van der Waals surface area contributed by atoms with E-state index >= 15 is 0 Å². The molecule has 2 rings (SSSR count). The van der Waals surface area contributed by atoms with Gasteiger partial charge in [-0.15, -0.1) is 0 Å². The van der Waals surface area contributed by atoms with Crippen molar-refractivity contribution in [3.8, 4) is 11.5 Å². The predicted molar refractivity (Wildman–Crippen MR) is 120 cm³/mol. The second-order valence-electron chi connectivity index (χ2n) is 7.26. The van der Waals surface area contributed by atoms with Crippen LogP contribution in [-0.2, 0) is 16.0 Å². The van der Waals surface area contributed by atoms with Crippen molar-refractivity contribution >= 4 is 23.4 Å². The van der Waals surface area contributed by atoms with Gasteiger partial charge in [-0.25, -0.2) is 4.39 Å². The maximum absolute atomic E-state index is 13.3. The molecule has 0 saturated carbocycles. The van der Waals surface area contributed by atoms with Gasteiger partial charge in [-0.2, -0.15) is 0 Å². The van der Waals surface area contributed by atoms with Crippen LogP contribution in [0.2, 0.25) is 5.02 Å². The van der Waals surface area contributed by atoms with Crippen LogP contribution in [0.15, 0.2) is 36.4 Å². The van der Waals surface area contributed by atoms with E-state index in [-0.39, 0.29) is 49.4 Å². The highest BCUT2D eigenvalue weighted by Crippen LogP contribution is 2.20. The first kappa shape index (κ1) is 25.4. The van der Waals surface area contributed by atoms with Gasteiger partial charge in [0, 0.05) is 19.2 Å². The summed E-state index contributed by atoms with van der Waals surface area (Å²) in [4.78, 5) is 23.7. The fourth-order valence-electron chi connectivity index (χ4n) is 2.79. The number of hydrogen-bond acceptors (Lipinski definition) is 5. The number of aliphatic hydroxyl groups excluding tert-OH is 1. The number of rotatable bonds is 12. The van der Waals surface area contributed by atoms with Crippen molar-refractivity contribution in [3.63, 3.8) is 0 Å². The topological polar surface area (TPSA) is 96.9 Å². The van der Waals surface area contributed by atoms with Crippen LogP contribution in [0.3, 0.4) is 0 Å². The Morgan fingerprint density at radius 2 is 1.75 bits per heavy atom. The minimum absolute atomic E-state index is 0.0322. The minimum Gasteiger partial charge on any atom is -0.484 e. The van der Waals surface area contributed by atoms with E-state index in [4.69, 9.17) is 21.1 Å². The Bertz CT molecular complexity index is 925. The Hall–Kier alpha value is -2.84. The fraction of sp³-hybridized carbons (Fsp3) is 0.391. The highest BCUT2D eigenvalue weighted by Gasteiger charge is 2.10. The van der Waals surface area contributed by atoms with Crippen molar-refractivity contribution in [2.24, 2.45) is 0 Å². The smallest absolute Gasteiger partial charge is 0.258 e. The Labute approximate surface area is 191 Å². The number of carbonyl (C=O) groups is 2. The Balaban J connectivity index is 1.59. The largest absolute Gasteiger partial charge is 0.484 e. The molecular weight excluding hydrogens is 439 g/mol. The molecule has 1 atom stereocenters. The van der Waals surface area contributed by atoms with Crippen LogP contribution >= 0.6 is 11.6 Å². The van der Waals surface area contributed by atoms with E-state index in [0.29, 0.717) is 5.75 Å². The van der Waals surface area contributed by atoms with Gasteiger partial charge in [0.05, 0.1) is 11.1 Å². The van der Waals surface area contributed by atoms with Crippen molar-refractivity contribution in [1.29, 1.82) is 0 Å². The van der Waals surface area contributed by atoms with Gasteiger partial charge in [0.2, 0.25) is 0 Å². The van der Waals surface area contributed by atoms with Gasteiger partial charge >= 0.3 is 0 Å². The van der Waals surface area contributed by atoms with Gasteiger partial charge in [-0.1, -0.05) is 24.6 Å². The SMILES string of the molecule is CCc1cc(C)cc(OCC(=O)NC[C@@H](O)CCNC(=O)COc2ccc(Cl)c(F)c2)c1. The molecule has 0 radical (unpaired) electrons. The van der Waals surface area contributed by atoms with E-state index in [9.17, 15) is 19.1 Å². The normalized spacial score (nSPS) is 11.5. The zero-order chi connectivity index (χ0) is 23.5. The first-order chi connectivity index (χ1) is 15.3. The maximum atomic E-state index is 13.3. The van der Waals surface area contributed by atoms with Crippen LogP contribution in [0.1, 0.15) is 24.5 Å². The molecule has 32 heavy (non-hydrogen) atoms. The maximum Gasteiger partial charge on any atom is 0.258 e. The number of benzene rings is 2. The molecule has 0 aliphatic heterocycles. The number of hydrogen-bond donors (Lipinski definition) is 3. The number of halogens is 2. The molecule has 0 saturated heterocycles. The third kappa shape index (κ3) is 9.11. The van der Waals surface area contributed by atoms with Crippen LogP contribution in [0.4, 0.5) is 4.39 Å². The highest BCUT2D eigenvalue weighted by molar-refractivity contribution is 6.30. The molecule has 0 heterocycles. The lowest BCUT2D eigenvalue weighted by Gasteiger charge is -2.13. The molecule has 2 aromatic carbocycles. The average Bonchev–Trinajstić information content (AvgIpc) is 2.76. The summed E-state index contributed by atoms with van der Waals surface area (Å²) in [5.74, 6) is -0.594. The van der Waals surface area contributed by atoms with Crippen LogP contribution in [0, 0.1) is 12.7 Å². The zero-order valence-corrected chi connectivity index (χ0v) is 18.9. The first-order valence-electron chi connectivity index (χ1n) is 10.3. The molecular formula is C23H28ClFN2O5. The van der Waals surface area contributed by atoms with Gasteiger partial charge in [0.25, 0.3) is 11.8 Å². The lowest BCUT2D eigenvalue weighted by Crippen LogP contribution is -2.37. The summed E-state index contributed by atoms with van der Waals surface area (Å²) in [6, 6.07) is 9.70. The number of ether oxygens (including phenoxy) is 2. The molecule has 174 valence electrons. The van der Waals surface area contributed by atoms with E-state index in [1.807, 2.05) is 26.0 Å². The molecule has 7 nitrogen and oxygen atoms in total. The Morgan fingerprint density at radius 3 is 2.44 bits per heavy atom. The molecule has 0 unspecified atom stereocenters. The number of carbonyl (C=O) groups excluding carboxylic acids is 2. The Morgan fingerprint density at radius 1 is 1.06 bits per heavy atom. The summed E-state index contributed by atoms with van der Waals surface area (Å²) < 4.78 is 24.0. The number of nitrogens with one attached hydrogen (secondary N) is 2. The van der Waals surface area contributed by atoms with Crippen LogP contribution in [0.25, 0.3) is 0 Å². The second kappa shape index (κ2) is 12.9. The molecule has 0 aromatic heterocycles. The first-order valence-corrected chi connectivity index (χ1v) is 10.7. The van der Waals surface area contributed by atoms with E-state index in [1.165, 1.54) is 12.1 Å². The summed E-state index contributed by atoms with van der Waals surface area (Å²) in [7, 11) is 0. The molecule has 2 amide bonds. The third-order valence-corrected chi connectivity index (χ3v) is 4.79. The van der Waals surface area contributed by atoms with Gasteiger partial charge in [-0.05, 0) is 55.2 Å². The molecule has 0 aliphatic carbocycles. The van der Waals surface area contributed by atoms with Crippen molar-refractivity contribution in [1.82, 2.24) is 10.6 Å². The number of aliphatic hydroxyl groups is 1. The Kier molecular flexibility index (Phi) is 10.2. The summed E-state index contributed by atoms with van der Waals surface area (Å²) >= 11 is 5.58. The standard InChI is InChI=1S/C23H28ClFN2O5/c1-3-16-8-15(2)9-19(10-16)32-14-23(30)27-12-17(28)6-7-26-22(29)13-31-18-4-5-20(24)21(25)11-18/h4-5,8-11,17,28H,3,6-7,12-14H2,1-2H3,(H,26,29)(H,27,30)/t17-/m0/s1. The van der Waals surface area contributed by atoms with Gasteiger partial charge in [0.15, 0.2) is 13.2 Å². The average molecular weight is 467 g/mol. The molecule has 0 bridgehead atoms. The molecule has 2 aromatic rings. The molecule has 0 spiro atoms. The van der Waals surface area contributed by atoms with E-state index in [0.717, 1.165) is 23.6 Å². The molecule has 3 N–H and O–H groups in total. The summed E-state index contributed by atoms with van der Waals surface area (Å²) in [6.07, 6.45) is 0.273. The van der Waals surface area contributed by atoms with E-state index < -0.39 is 17.8 Å². The van der Waals surface area contributed by atoms with Crippen molar-refractivity contribution in [2.45, 2.75) is 32.8 Å². The van der Waals surface area contributed by atoms with Gasteiger partial charge in [0.1, 0.15) is 17.3 Å². The third-order valence-electron chi connectivity index (χ3n) is 4.48. The fourth-order valence-corrected chi connectivity index (χ4v) is 2.91. The van der Waals surface area contributed by atoms with Crippen molar-refractivity contribution in [3.05, 3.63) is 58.4 Å². The predicted octanol–water partition coefficient (Wildman–Crippen LogP) is 2.79. The second-order valence-corrected chi connectivity index (χ2v) is 7.66. The van der Waals surface area contributed by atoms with Gasteiger partial charge < -0.3 is 25.2 Å². The van der Waals surface area contributed by atoms with E-state index in [1.54, 1.807) is 0 Å². The quantitative estimate of drug-likeness (QED) is 0.447. The van der Waals surface area contributed by atoms with Crippen LogP contribution in [0.5, 0.6) is 11.5 Å². The molecule has 9 heteroatoms. The summed E-state index contributed by atoms with van der Waals surface area (Å²) in [5.41, 5.74) is 2.19. The van der Waals surface area contributed by atoms with Crippen molar-refractivity contribution in [2.75, 3.05) is 26.3 Å². The lowest BCUT2D eigenvalue weighted by atomic mass is 10.1. The molecule has 0 aliphatic rings. The molecule has 0 fully saturated rings. The van der Waals surface area contributed by atoms with Crippen molar-refractivity contribution < 1.29 is 28.6 Å². The number of aryl methyl sites for hydroxylation is 2. The lowest BCUT2D eigenvalue weighted by molar-refractivity contribution is -0.124. The highest BCUT2D eigenvalue weighted by atomic mass is 35.5. The van der Waals surface area contributed by atoms with Crippen LogP contribution < -0.4 is 20.1 Å². The van der Waals surface area contributed by atoms with Crippen LogP contribution in [-0.4, -0.2) is 49.3 Å². The summed E-state index contributed by atoms with van der Waals surface area (Å²) in [5, 5.41) is 15.1. The number of amides is 2. The monoisotopic (exact) mass is 466 g/mol. The zero-order valence-electron chi connectivity index (χ0n) is 18.1. The van der Waals surface area contributed by atoms with Gasteiger partial charge in [-0.3, -0.25) is 9.59 Å². The van der Waals surface area contributed by atoms with E-state index in [2.05, 4.69) is 16.7 Å². The summed E-state index contributed by atoms with van der Waals surface area (Å²) in [6.45, 7) is 3.77.